The second kappa shape index (κ2) is 42.1. The number of unbranched alkanes of at least 4 members (excludes halogenated alkanes) is 26. The van der Waals surface area contributed by atoms with Crippen LogP contribution in [0.5, 0.6) is 0 Å². The van der Waals surface area contributed by atoms with Crippen LogP contribution in [0, 0.1) is 0 Å². The summed E-state index contributed by atoms with van der Waals surface area (Å²) < 4.78 is 32.8. The Kier molecular flexibility index (Phi) is 40.9. The molecule has 0 aromatic heterocycles. The maximum atomic E-state index is 12.6. The van der Waals surface area contributed by atoms with E-state index < -0.39 is 26.5 Å². The fraction of sp³-hybridized carbons (Fsp3) is 0.867. The highest BCUT2D eigenvalue weighted by atomic mass is 31.2. The molecule has 0 spiro atoms. The molecule has 10 heteroatoms. The molecule has 0 aliphatic rings. The van der Waals surface area contributed by atoms with Gasteiger partial charge in [-0.2, -0.15) is 0 Å². The fourth-order valence-electron chi connectivity index (χ4n) is 6.42. The lowest BCUT2D eigenvalue weighted by molar-refractivity contribution is -0.161. The predicted octanol–water partition coefficient (Wildman–Crippen LogP) is 13.2. The Morgan fingerprint density at radius 2 is 0.964 bits per heavy atom. The molecule has 0 amide bonds. The zero-order valence-electron chi connectivity index (χ0n) is 35.7. The van der Waals surface area contributed by atoms with Crippen molar-refractivity contribution in [2.75, 3.05) is 26.4 Å². The average Bonchev–Trinajstić information content (AvgIpc) is 3.17. The highest BCUT2D eigenvalue weighted by Crippen LogP contribution is 2.43. The second-order valence-corrected chi connectivity index (χ2v) is 16.7. The van der Waals surface area contributed by atoms with E-state index in [4.69, 9.17) is 24.3 Å². The first-order chi connectivity index (χ1) is 26.8. The fourth-order valence-corrected chi connectivity index (χ4v) is 7.18. The van der Waals surface area contributed by atoms with Crippen LogP contribution >= 0.6 is 7.82 Å². The first kappa shape index (κ1) is 53.5. The molecule has 2 unspecified atom stereocenters. The molecule has 0 aliphatic carbocycles. The lowest BCUT2D eigenvalue weighted by atomic mass is 10.0. The summed E-state index contributed by atoms with van der Waals surface area (Å²) >= 11 is 0. The monoisotopic (exact) mass is 800 g/mol. The van der Waals surface area contributed by atoms with Crippen LogP contribution in [-0.2, 0) is 32.7 Å². The summed E-state index contributed by atoms with van der Waals surface area (Å²) in [5, 5.41) is 0. The molecule has 0 fully saturated rings. The Morgan fingerprint density at radius 1 is 0.545 bits per heavy atom. The summed E-state index contributed by atoms with van der Waals surface area (Å²) in [5.41, 5.74) is 5.35. The van der Waals surface area contributed by atoms with Crippen molar-refractivity contribution >= 4 is 19.8 Å². The van der Waals surface area contributed by atoms with E-state index in [9.17, 15) is 19.0 Å². The molecule has 0 aromatic rings. The molecule has 324 valence electrons. The number of phosphoric ester groups is 1. The summed E-state index contributed by atoms with van der Waals surface area (Å²) in [6.45, 7) is 3.70. The van der Waals surface area contributed by atoms with E-state index in [1.807, 2.05) is 0 Å². The minimum absolute atomic E-state index is 0.0525. The van der Waals surface area contributed by atoms with Crippen LogP contribution in [0.4, 0.5) is 0 Å². The van der Waals surface area contributed by atoms with Crippen molar-refractivity contribution in [2.45, 2.75) is 225 Å². The lowest BCUT2D eigenvalue weighted by Gasteiger charge is -2.19. The SMILES string of the molecule is CCCC/C=C\C/C=C\CCCCCCCC(=O)OC(COC(=O)CCCCCCCCCCCCCCCCCCCCCC)COP(=O)(O)OCCN. The molecular weight excluding hydrogens is 713 g/mol. The quantitative estimate of drug-likeness (QED) is 0.0267. The summed E-state index contributed by atoms with van der Waals surface area (Å²) in [7, 11) is -4.38. The van der Waals surface area contributed by atoms with Crippen LogP contribution in [0.2, 0.25) is 0 Å². The van der Waals surface area contributed by atoms with Crippen molar-refractivity contribution < 1.29 is 37.6 Å². The van der Waals surface area contributed by atoms with Crippen LogP contribution in [0.25, 0.3) is 0 Å². The van der Waals surface area contributed by atoms with Crippen LogP contribution in [0.15, 0.2) is 24.3 Å². The van der Waals surface area contributed by atoms with Gasteiger partial charge in [0.15, 0.2) is 6.10 Å². The summed E-state index contributed by atoms with van der Waals surface area (Å²) in [5.74, 6) is -0.836. The Hall–Kier alpha value is -1.51. The van der Waals surface area contributed by atoms with Crippen LogP contribution in [0.1, 0.15) is 219 Å². The number of nitrogens with two attached hydrogens (primary N) is 1. The van der Waals surface area contributed by atoms with E-state index in [0.29, 0.717) is 6.42 Å². The van der Waals surface area contributed by atoms with Crippen molar-refractivity contribution in [3.05, 3.63) is 24.3 Å². The number of esters is 2. The third-order valence-electron chi connectivity index (χ3n) is 9.84. The molecule has 0 heterocycles. The number of hydrogen-bond acceptors (Lipinski definition) is 8. The molecule has 0 aromatic carbocycles. The van der Waals surface area contributed by atoms with Crippen molar-refractivity contribution in [2.24, 2.45) is 5.73 Å². The molecule has 9 nitrogen and oxygen atoms in total. The Labute approximate surface area is 338 Å². The average molecular weight is 800 g/mol. The van der Waals surface area contributed by atoms with Crippen molar-refractivity contribution in [3.8, 4) is 0 Å². The minimum atomic E-state index is -4.38. The van der Waals surface area contributed by atoms with E-state index in [1.54, 1.807) is 0 Å². The number of hydrogen-bond donors (Lipinski definition) is 2. The third-order valence-corrected chi connectivity index (χ3v) is 10.8. The maximum Gasteiger partial charge on any atom is 0.472 e. The zero-order chi connectivity index (χ0) is 40.3. The largest absolute Gasteiger partial charge is 0.472 e. The van der Waals surface area contributed by atoms with E-state index in [2.05, 4.69) is 38.2 Å². The standard InChI is InChI=1S/C45H86NO8P/c1-3-5-7-9-11-13-15-17-19-20-21-22-23-24-26-27-29-31-33-35-37-44(47)51-41-43(42-53-55(49,50)52-40-39-46)54-45(48)38-36-34-32-30-28-25-18-16-14-12-10-8-6-4-2/h10,12,16,18,43H,3-9,11,13-15,17,19-42,46H2,1-2H3,(H,49,50)/b12-10-,18-16-. The van der Waals surface area contributed by atoms with E-state index in [-0.39, 0.29) is 38.6 Å². The summed E-state index contributed by atoms with van der Waals surface area (Å²) in [6.07, 6.45) is 45.0. The van der Waals surface area contributed by atoms with Gasteiger partial charge in [0.05, 0.1) is 13.2 Å². The van der Waals surface area contributed by atoms with Crippen LogP contribution in [-0.4, -0.2) is 49.3 Å². The van der Waals surface area contributed by atoms with Gasteiger partial charge in [-0.05, 0) is 38.5 Å². The van der Waals surface area contributed by atoms with Gasteiger partial charge in [0.2, 0.25) is 0 Å². The van der Waals surface area contributed by atoms with Gasteiger partial charge >= 0.3 is 19.8 Å². The summed E-state index contributed by atoms with van der Waals surface area (Å²) in [4.78, 5) is 34.9. The number of rotatable bonds is 43. The molecular formula is C45H86NO8P. The predicted molar refractivity (Wildman–Crippen MR) is 229 cm³/mol. The van der Waals surface area contributed by atoms with E-state index in [1.165, 1.54) is 122 Å². The molecule has 2 atom stereocenters. The first-order valence-corrected chi connectivity index (χ1v) is 24.3. The molecule has 0 bridgehead atoms. The van der Waals surface area contributed by atoms with Gasteiger partial charge in [0.1, 0.15) is 6.61 Å². The Bertz CT molecular complexity index is 959. The van der Waals surface area contributed by atoms with E-state index in [0.717, 1.165) is 64.2 Å². The van der Waals surface area contributed by atoms with Gasteiger partial charge < -0.3 is 20.1 Å². The normalized spacial score (nSPS) is 13.5. The van der Waals surface area contributed by atoms with E-state index >= 15 is 0 Å². The van der Waals surface area contributed by atoms with Gasteiger partial charge in [-0.25, -0.2) is 4.57 Å². The molecule has 0 saturated heterocycles. The van der Waals surface area contributed by atoms with Gasteiger partial charge in [-0.15, -0.1) is 0 Å². The van der Waals surface area contributed by atoms with Gasteiger partial charge in [-0.3, -0.25) is 18.6 Å². The first-order valence-electron chi connectivity index (χ1n) is 22.8. The highest BCUT2D eigenvalue weighted by Gasteiger charge is 2.26. The number of phosphoric acid groups is 1. The molecule has 55 heavy (non-hydrogen) atoms. The number of ether oxygens (including phenoxy) is 2. The van der Waals surface area contributed by atoms with Gasteiger partial charge in [-0.1, -0.05) is 192 Å². The smallest absolute Gasteiger partial charge is 0.462 e. The van der Waals surface area contributed by atoms with Crippen LogP contribution < -0.4 is 5.73 Å². The van der Waals surface area contributed by atoms with Crippen molar-refractivity contribution in [3.63, 3.8) is 0 Å². The topological polar surface area (TPSA) is 134 Å². The maximum absolute atomic E-state index is 12.6. The number of carbonyl (C=O) groups excluding carboxylic acids is 2. The number of carbonyl (C=O) groups is 2. The Balaban J connectivity index is 4.07. The molecule has 0 radical (unpaired) electrons. The van der Waals surface area contributed by atoms with Crippen LogP contribution in [0.3, 0.4) is 0 Å². The lowest BCUT2D eigenvalue weighted by Crippen LogP contribution is -2.29. The van der Waals surface area contributed by atoms with Crippen molar-refractivity contribution in [1.82, 2.24) is 0 Å². The summed E-state index contributed by atoms with van der Waals surface area (Å²) in [6, 6.07) is 0. The second-order valence-electron chi connectivity index (χ2n) is 15.3. The van der Waals surface area contributed by atoms with Crippen molar-refractivity contribution in [1.29, 1.82) is 0 Å². The number of allylic oxidation sites excluding steroid dienone is 4. The highest BCUT2D eigenvalue weighted by molar-refractivity contribution is 7.47. The molecule has 3 N–H and O–H groups in total. The Morgan fingerprint density at radius 3 is 1.44 bits per heavy atom. The molecule has 0 rings (SSSR count). The molecule has 0 aliphatic heterocycles. The van der Waals surface area contributed by atoms with Gasteiger partial charge in [0.25, 0.3) is 0 Å². The minimum Gasteiger partial charge on any atom is -0.462 e. The third kappa shape index (κ3) is 41.9. The zero-order valence-corrected chi connectivity index (χ0v) is 36.6. The molecule has 0 saturated carbocycles. The van der Waals surface area contributed by atoms with Gasteiger partial charge in [0, 0.05) is 19.4 Å².